The maximum Gasteiger partial charge on any atom is 0.141 e. The Hall–Kier alpha value is -0.640. The predicted octanol–water partition coefficient (Wildman–Crippen LogP) is 3.60. The zero-order valence-corrected chi connectivity index (χ0v) is 12.2. The highest BCUT2D eigenvalue weighted by atomic mass is 35.5. The van der Waals surface area contributed by atoms with Crippen molar-refractivity contribution in [3.05, 3.63) is 34.6 Å². The number of piperidine rings is 1. The van der Waals surface area contributed by atoms with Crippen molar-refractivity contribution in [3.63, 3.8) is 0 Å². The molecule has 0 bridgehead atoms. The fraction of sp³-hybridized carbons (Fsp3) is 0.600. The first-order chi connectivity index (χ1) is 9.15. The Morgan fingerprint density at radius 3 is 2.95 bits per heavy atom. The molecular weight excluding hydrogens is 263 g/mol. The van der Waals surface area contributed by atoms with E-state index in [2.05, 4.69) is 11.8 Å². The van der Waals surface area contributed by atoms with Crippen molar-refractivity contribution in [3.8, 4) is 0 Å². The molecule has 2 atom stereocenters. The molecule has 1 heterocycles. The Balaban J connectivity index is 2.16. The molecule has 2 N–H and O–H groups in total. The van der Waals surface area contributed by atoms with Crippen molar-refractivity contribution in [2.75, 3.05) is 19.6 Å². The van der Waals surface area contributed by atoms with E-state index in [0.717, 1.165) is 24.6 Å². The van der Waals surface area contributed by atoms with E-state index in [-0.39, 0.29) is 16.9 Å². The van der Waals surface area contributed by atoms with E-state index < -0.39 is 0 Å². The van der Waals surface area contributed by atoms with Gasteiger partial charge in [0.1, 0.15) is 5.82 Å². The molecule has 0 saturated carbocycles. The third-order valence-corrected chi connectivity index (χ3v) is 4.41. The van der Waals surface area contributed by atoms with Gasteiger partial charge in [-0.1, -0.05) is 31.0 Å². The van der Waals surface area contributed by atoms with E-state index in [4.69, 9.17) is 17.3 Å². The van der Waals surface area contributed by atoms with Crippen molar-refractivity contribution in [2.45, 2.75) is 32.2 Å². The van der Waals surface area contributed by atoms with Crippen LogP contribution in [0.1, 0.15) is 37.8 Å². The van der Waals surface area contributed by atoms with Gasteiger partial charge in [0.2, 0.25) is 0 Å². The summed E-state index contributed by atoms with van der Waals surface area (Å²) in [6, 6.07) is 5.09. The van der Waals surface area contributed by atoms with Gasteiger partial charge in [-0.15, -0.1) is 0 Å². The number of halogens is 2. The number of likely N-dealkylation sites (tertiary alicyclic amines) is 1. The summed E-state index contributed by atoms with van der Waals surface area (Å²) in [5.74, 6) is 0.380. The van der Waals surface area contributed by atoms with Crippen molar-refractivity contribution < 1.29 is 4.39 Å². The zero-order valence-electron chi connectivity index (χ0n) is 11.4. The molecule has 1 fully saturated rings. The van der Waals surface area contributed by atoms with Gasteiger partial charge >= 0.3 is 0 Å². The second-order valence-electron chi connectivity index (χ2n) is 5.34. The summed E-state index contributed by atoms with van der Waals surface area (Å²) in [7, 11) is 0. The largest absolute Gasteiger partial charge is 0.329 e. The van der Waals surface area contributed by atoms with Crippen LogP contribution in [-0.4, -0.2) is 24.5 Å². The molecule has 2 unspecified atom stereocenters. The quantitative estimate of drug-likeness (QED) is 0.915. The number of hydrogen-bond donors (Lipinski definition) is 1. The topological polar surface area (TPSA) is 29.3 Å². The molecule has 106 valence electrons. The molecule has 1 saturated heterocycles. The highest BCUT2D eigenvalue weighted by Crippen LogP contribution is 2.29. The molecule has 0 aliphatic carbocycles. The number of benzene rings is 1. The van der Waals surface area contributed by atoms with Gasteiger partial charge in [0.05, 0.1) is 5.02 Å². The molecule has 1 aliphatic rings. The minimum Gasteiger partial charge on any atom is -0.329 e. The molecule has 0 radical (unpaired) electrons. The van der Waals surface area contributed by atoms with E-state index in [1.165, 1.54) is 25.3 Å². The summed E-state index contributed by atoms with van der Waals surface area (Å²) in [5, 5.41) is 0.181. The second-order valence-corrected chi connectivity index (χ2v) is 5.74. The van der Waals surface area contributed by atoms with Gasteiger partial charge in [0, 0.05) is 19.1 Å². The molecule has 1 aromatic rings. The van der Waals surface area contributed by atoms with Crippen molar-refractivity contribution >= 4 is 11.6 Å². The van der Waals surface area contributed by atoms with Gasteiger partial charge in [-0.05, 0) is 43.0 Å². The van der Waals surface area contributed by atoms with Crippen LogP contribution >= 0.6 is 11.6 Å². The lowest BCUT2D eigenvalue weighted by Gasteiger charge is -2.38. The maximum absolute atomic E-state index is 13.2. The molecule has 1 aromatic carbocycles. The van der Waals surface area contributed by atoms with Gasteiger partial charge in [0.25, 0.3) is 0 Å². The van der Waals surface area contributed by atoms with E-state index in [1.807, 2.05) is 0 Å². The fourth-order valence-electron chi connectivity index (χ4n) is 2.93. The Morgan fingerprint density at radius 2 is 2.32 bits per heavy atom. The van der Waals surface area contributed by atoms with Crippen molar-refractivity contribution in [2.24, 2.45) is 11.7 Å². The maximum atomic E-state index is 13.2. The normalized spacial score (nSPS) is 22.4. The van der Waals surface area contributed by atoms with Crippen molar-refractivity contribution in [1.82, 2.24) is 4.90 Å². The molecule has 1 aliphatic heterocycles. The third-order valence-electron chi connectivity index (χ3n) is 4.12. The monoisotopic (exact) mass is 284 g/mol. The van der Waals surface area contributed by atoms with Crippen LogP contribution in [0.25, 0.3) is 0 Å². The van der Waals surface area contributed by atoms with E-state index >= 15 is 0 Å². The van der Waals surface area contributed by atoms with Gasteiger partial charge in [-0.2, -0.15) is 0 Å². The highest BCUT2D eigenvalue weighted by Gasteiger charge is 2.25. The first kappa shape index (κ1) is 14.8. The zero-order chi connectivity index (χ0) is 13.8. The predicted molar refractivity (Wildman–Crippen MR) is 77.8 cm³/mol. The minimum atomic E-state index is -0.369. The average molecular weight is 285 g/mol. The molecular formula is C15H22ClFN2. The van der Waals surface area contributed by atoms with Crippen molar-refractivity contribution in [1.29, 1.82) is 0 Å². The first-order valence-electron chi connectivity index (χ1n) is 7.04. The molecule has 0 amide bonds. The van der Waals surface area contributed by atoms with E-state index in [1.54, 1.807) is 12.1 Å². The molecule has 2 nitrogen and oxygen atoms in total. The Kier molecular flexibility index (Phi) is 5.20. The van der Waals surface area contributed by atoms with E-state index in [0.29, 0.717) is 6.54 Å². The van der Waals surface area contributed by atoms with Crippen LogP contribution in [0.5, 0.6) is 0 Å². The van der Waals surface area contributed by atoms with Crippen LogP contribution in [0.4, 0.5) is 4.39 Å². The third kappa shape index (κ3) is 3.47. The molecule has 2 rings (SSSR count). The van der Waals surface area contributed by atoms with Gasteiger partial charge in [-0.3, -0.25) is 4.90 Å². The van der Waals surface area contributed by atoms with Crippen LogP contribution in [0, 0.1) is 11.7 Å². The lowest BCUT2D eigenvalue weighted by molar-refractivity contribution is 0.124. The van der Waals surface area contributed by atoms with Crippen LogP contribution in [0.2, 0.25) is 5.02 Å². The lowest BCUT2D eigenvalue weighted by atomic mass is 9.93. The van der Waals surface area contributed by atoms with Crippen LogP contribution in [-0.2, 0) is 0 Å². The first-order valence-corrected chi connectivity index (χ1v) is 7.42. The summed E-state index contributed by atoms with van der Waals surface area (Å²) in [5.41, 5.74) is 6.95. The summed E-state index contributed by atoms with van der Waals surface area (Å²) in [4.78, 5) is 2.42. The SMILES string of the molecule is CCC1CCCN(C(CN)c2ccc(F)c(Cl)c2)C1. The lowest BCUT2D eigenvalue weighted by Crippen LogP contribution is -2.41. The second kappa shape index (κ2) is 6.69. The summed E-state index contributed by atoms with van der Waals surface area (Å²) in [6.07, 6.45) is 3.72. The minimum absolute atomic E-state index is 0.146. The summed E-state index contributed by atoms with van der Waals surface area (Å²) >= 11 is 5.88. The fourth-order valence-corrected chi connectivity index (χ4v) is 3.12. The Labute approximate surface area is 119 Å². The summed E-state index contributed by atoms with van der Waals surface area (Å²) in [6.45, 7) is 4.92. The summed E-state index contributed by atoms with van der Waals surface area (Å²) < 4.78 is 13.2. The van der Waals surface area contributed by atoms with Crippen LogP contribution in [0.15, 0.2) is 18.2 Å². The molecule has 0 spiro atoms. The Bertz CT molecular complexity index is 425. The van der Waals surface area contributed by atoms with Gasteiger partial charge < -0.3 is 5.73 Å². The van der Waals surface area contributed by atoms with Crippen LogP contribution in [0.3, 0.4) is 0 Å². The van der Waals surface area contributed by atoms with Crippen LogP contribution < -0.4 is 5.73 Å². The number of hydrogen-bond acceptors (Lipinski definition) is 2. The smallest absolute Gasteiger partial charge is 0.141 e. The molecule has 4 heteroatoms. The number of nitrogens with two attached hydrogens (primary N) is 1. The van der Waals surface area contributed by atoms with Gasteiger partial charge in [-0.25, -0.2) is 4.39 Å². The van der Waals surface area contributed by atoms with Gasteiger partial charge in [0.15, 0.2) is 0 Å². The Morgan fingerprint density at radius 1 is 1.53 bits per heavy atom. The number of rotatable bonds is 4. The average Bonchev–Trinajstić information content (AvgIpc) is 2.44. The number of nitrogens with zero attached hydrogens (tertiary/aromatic N) is 1. The molecule has 0 aromatic heterocycles. The highest BCUT2D eigenvalue weighted by molar-refractivity contribution is 6.30. The van der Waals surface area contributed by atoms with E-state index in [9.17, 15) is 4.39 Å². The molecule has 19 heavy (non-hydrogen) atoms. The standard InChI is InChI=1S/C15H22ClFN2/c1-2-11-4-3-7-19(10-11)15(9-18)12-5-6-14(17)13(16)8-12/h5-6,8,11,15H,2-4,7,9-10,18H2,1H3.